The van der Waals surface area contributed by atoms with Crippen molar-refractivity contribution in [2.45, 2.75) is 20.2 Å². The minimum atomic E-state index is -4.76. The molecule has 1 saturated carbocycles. The number of allylic oxidation sites excluding steroid dienone is 1. The largest absolute Gasteiger partial charge is 0.573 e. The Labute approximate surface area is 163 Å². The first-order chi connectivity index (χ1) is 11.9. The zero-order valence-corrected chi connectivity index (χ0v) is 16.0. The third kappa shape index (κ3) is 5.49. The molecule has 1 aromatic carbocycles. The maximum absolute atomic E-state index is 12.3. The Morgan fingerprint density at radius 2 is 1.85 bits per heavy atom. The molecule has 2 rings (SSSR count). The molecule has 1 aliphatic rings. The van der Waals surface area contributed by atoms with E-state index in [4.69, 9.17) is 35.4 Å². The molecule has 0 saturated heterocycles. The van der Waals surface area contributed by atoms with Gasteiger partial charge in [0.15, 0.2) is 5.11 Å². The highest BCUT2D eigenvalue weighted by Crippen LogP contribution is 2.59. The Balaban J connectivity index is 1.91. The van der Waals surface area contributed by atoms with E-state index < -0.39 is 6.36 Å². The molecular weight excluding hydrogens is 412 g/mol. The summed E-state index contributed by atoms with van der Waals surface area (Å²) in [7, 11) is 0. The Bertz CT molecular complexity index is 732. The molecule has 26 heavy (non-hydrogen) atoms. The van der Waals surface area contributed by atoms with E-state index in [-0.39, 0.29) is 38.5 Å². The lowest BCUT2D eigenvalue weighted by Gasteiger charge is -2.12. The first-order valence-electron chi connectivity index (χ1n) is 7.40. The molecule has 1 aromatic rings. The van der Waals surface area contributed by atoms with Gasteiger partial charge in [-0.2, -0.15) is 0 Å². The molecule has 0 aliphatic heterocycles. The van der Waals surface area contributed by atoms with Crippen molar-refractivity contribution in [2.75, 3.05) is 5.32 Å². The monoisotopic (exact) mass is 426 g/mol. The third-order valence-electron chi connectivity index (χ3n) is 4.08. The van der Waals surface area contributed by atoms with Crippen LogP contribution >= 0.6 is 35.4 Å². The van der Waals surface area contributed by atoms with E-state index in [2.05, 4.69) is 15.4 Å². The van der Waals surface area contributed by atoms with Crippen LogP contribution in [-0.2, 0) is 4.79 Å². The van der Waals surface area contributed by atoms with Crippen molar-refractivity contribution in [2.24, 2.45) is 17.3 Å². The second kappa shape index (κ2) is 7.62. The summed E-state index contributed by atoms with van der Waals surface area (Å²) in [6.45, 7) is 3.82. The van der Waals surface area contributed by atoms with Crippen LogP contribution in [0.4, 0.5) is 18.9 Å². The van der Waals surface area contributed by atoms with Crippen LogP contribution in [0.25, 0.3) is 0 Å². The lowest BCUT2D eigenvalue weighted by molar-refractivity contribution is -0.274. The SMILES string of the molecule is CC1(C)C(C=C(Cl)Cl)C1C(=O)NC(=S)Nc1ccc(OC(F)(F)F)cc1. The predicted molar refractivity (Wildman–Crippen MR) is 98.0 cm³/mol. The van der Waals surface area contributed by atoms with Gasteiger partial charge in [-0.3, -0.25) is 4.79 Å². The van der Waals surface area contributed by atoms with Crippen molar-refractivity contribution in [3.63, 3.8) is 0 Å². The molecule has 1 fully saturated rings. The Morgan fingerprint density at radius 3 is 2.35 bits per heavy atom. The van der Waals surface area contributed by atoms with Crippen molar-refractivity contribution in [1.82, 2.24) is 5.32 Å². The summed E-state index contributed by atoms with van der Waals surface area (Å²) < 4.78 is 40.2. The van der Waals surface area contributed by atoms with E-state index in [9.17, 15) is 18.0 Å². The second-order valence-electron chi connectivity index (χ2n) is 6.30. The maximum Gasteiger partial charge on any atom is 0.573 e. The lowest BCUT2D eigenvalue weighted by atomic mass is 10.1. The molecule has 2 unspecified atom stereocenters. The van der Waals surface area contributed by atoms with Gasteiger partial charge >= 0.3 is 6.36 Å². The fourth-order valence-corrected chi connectivity index (χ4v) is 3.21. The predicted octanol–water partition coefficient (Wildman–Crippen LogP) is 4.99. The highest BCUT2D eigenvalue weighted by molar-refractivity contribution is 7.80. The molecule has 2 N–H and O–H groups in total. The molecule has 0 heterocycles. The maximum atomic E-state index is 12.3. The quantitative estimate of drug-likeness (QED) is 0.665. The van der Waals surface area contributed by atoms with Crippen LogP contribution in [0.2, 0.25) is 0 Å². The van der Waals surface area contributed by atoms with E-state index in [0.29, 0.717) is 5.69 Å². The molecule has 10 heteroatoms. The van der Waals surface area contributed by atoms with Crippen molar-refractivity contribution in [3.8, 4) is 5.75 Å². The summed E-state index contributed by atoms with van der Waals surface area (Å²) >= 11 is 16.4. The second-order valence-corrected chi connectivity index (χ2v) is 7.71. The van der Waals surface area contributed by atoms with Gasteiger partial charge in [0.25, 0.3) is 0 Å². The Kier molecular flexibility index (Phi) is 6.09. The molecule has 1 aliphatic carbocycles. The third-order valence-corrected chi connectivity index (χ3v) is 4.54. The van der Waals surface area contributed by atoms with Gasteiger partial charge in [-0.25, -0.2) is 0 Å². The Hall–Kier alpha value is -1.51. The zero-order chi connectivity index (χ0) is 19.7. The molecule has 0 aromatic heterocycles. The van der Waals surface area contributed by atoms with Crippen LogP contribution in [0.3, 0.4) is 0 Å². The Morgan fingerprint density at radius 1 is 1.27 bits per heavy atom. The molecule has 0 radical (unpaired) electrons. The van der Waals surface area contributed by atoms with E-state index in [1.807, 2.05) is 13.8 Å². The van der Waals surface area contributed by atoms with Crippen LogP contribution in [0.15, 0.2) is 34.8 Å². The van der Waals surface area contributed by atoms with Gasteiger partial charge < -0.3 is 15.4 Å². The fraction of sp³-hybridized carbons (Fsp3) is 0.375. The average Bonchev–Trinajstić information content (AvgIpc) is 2.99. The number of hydrogen-bond acceptors (Lipinski definition) is 3. The highest BCUT2D eigenvalue weighted by Gasteiger charge is 2.60. The van der Waals surface area contributed by atoms with Gasteiger partial charge in [0, 0.05) is 5.69 Å². The molecule has 0 spiro atoms. The molecule has 4 nitrogen and oxygen atoms in total. The molecule has 2 atom stereocenters. The first-order valence-corrected chi connectivity index (χ1v) is 8.57. The number of halogens is 5. The molecule has 142 valence electrons. The summed E-state index contributed by atoms with van der Waals surface area (Å²) in [4.78, 5) is 12.3. The highest BCUT2D eigenvalue weighted by atomic mass is 35.5. The number of ether oxygens (including phenoxy) is 1. The van der Waals surface area contributed by atoms with Gasteiger partial charge in [-0.1, -0.05) is 37.0 Å². The molecule has 1 amide bonds. The van der Waals surface area contributed by atoms with E-state index >= 15 is 0 Å². The van der Waals surface area contributed by atoms with Gasteiger partial charge in [0.05, 0.1) is 5.92 Å². The minimum absolute atomic E-state index is 0.0295. The van der Waals surface area contributed by atoms with Gasteiger partial charge in [-0.05, 0) is 53.9 Å². The average molecular weight is 427 g/mol. The summed E-state index contributed by atoms with van der Waals surface area (Å²) in [6.07, 6.45) is -3.14. The standard InChI is InChI=1S/C16H15Cl2F3N2O2S/c1-15(2)10(7-11(17)18)12(15)13(24)23-14(26)22-8-3-5-9(6-4-8)25-16(19,20)21/h3-7,10,12H,1-2H3,(H2,22,23,24,26). The number of rotatable bonds is 4. The van der Waals surface area contributed by atoms with E-state index in [0.717, 1.165) is 12.1 Å². The van der Waals surface area contributed by atoms with Crippen LogP contribution in [-0.4, -0.2) is 17.4 Å². The number of thiocarbonyl (C=S) groups is 1. The van der Waals surface area contributed by atoms with Crippen molar-refractivity contribution >= 4 is 52.1 Å². The normalized spacial score (nSPS) is 20.7. The van der Waals surface area contributed by atoms with Crippen molar-refractivity contribution in [1.29, 1.82) is 0 Å². The number of carbonyl (C=O) groups is 1. The topological polar surface area (TPSA) is 50.4 Å². The number of carbonyl (C=O) groups excluding carboxylic acids is 1. The fourth-order valence-electron chi connectivity index (χ4n) is 2.72. The number of nitrogens with one attached hydrogen (secondary N) is 2. The van der Waals surface area contributed by atoms with E-state index in [1.165, 1.54) is 12.1 Å². The smallest absolute Gasteiger partial charge is 0.406 e. The van der Waals surface area contributed by atoms with Crippen LogP contribution < -0.4 is 15.4 Å². The van der Waals surface area contributed by atoms with Crippen LogP contribution in [0.5, 0.6) is 5.75 Å². The number of hydrogen-bond donors (Lipinski definition) is 2. The van der Waals surface area contributed by atoms with Crippen molar-refractivity contribution in [3.05, 3.63) is 34.8 Å². The number of benzene rings is 1. The summed E-state index contributed by atoms with van der Waals surface area (Å²) in [5, 5.41) is 5.31. The lowest BCUT2D eigenvalue weighted by Crippen LogP contribution is -2.36. The van der Waals surface area contributed by atoms with Crippen LogP contribution in [0, 0.1) is 17.3 Å². The summed E-state index contributed by atoms with van der Waals surface area (Å²) in [5.74, 6) is -1.09. The van der Waals surface area contributed by atoms with Crippen molar-refractivity contribution < 1.29 is 22.7 Å². The van der Waals surface area contributed by atoms with Gasteiger partial charge in [0.2, 0.25) is 5.91 Å². The number of anilines is 1. The minimum Gasteiger partial charge on any atom is -0.406 e. The summed E-state index contributed by atoms with van der Waals surface area (Å²) in [6, 6.07) is 4.96. The molecular formula is C16H15Cl2F3N2O2S. The number of alkyl halides is 3. The zero-order valence-electron chi connectivity index (χ0n) is 13.7. The van der Waals surface area contributed by atoms with Gasteiger partial charge in [0.1, 0.15) is 10.2 Å². The van der Waals surface area contributed by atoms with E-state index in [1.54, 1.807) is 6.08 Å². The van der Waals surface area contributed by atoms with Gasteiger partial charge in [-0.15, -0.1) is 13.2 Å². The summed E-state index contributed by atoms with van der Waals surface area (Å²) in [5.41, 5.74) is 0.103. The molecule has 0 bridgehead atoms. The number of amides is 1. The van der Waals surface area contributed by atoms with Crippen LogP contribution in [0.1, 0.15) is 13.8 Å². The first kappa shape index (κ1) is 20.8.